The van der Waals surface area contributed by atoms with Crippen molar-refractivity contribution in [2.45, 2.75) is 52.2 Å². The highest BCUT2D eigenvalue weighted by Crippen LogP contribution is 2.28. The van der Waals surface area contributed by atoms with E-state index in [-0.39, 0.29) is 12.0 Å². The highest BCUT2D eigenvalue weighted by Gasteiger charge is 2.37. The maximum absolute atomic E-state index is 12.6. The first kappa shape index (κ1) is 24.8. The number of methoxy groups -OCH3 is 2. The fraction of sp³-hybridized carbons (Fsp3) is 0.652. The van der Waals surface area contributed by atoms with Gasteiger partial charge in [0.25, 0.3) is 0 Å². The summed E-state index contributed by atoms with van der Waals surface area (Å²) in [5.41, 5.74) is 0.531. The van der Waals surface area contributed by atoms with Crippen LogP contribution in [-0.4, -0.2) is 69.1 Å². The molecule has 1 unspecified atom stereocenters. The van der Waals surface area contributed by atoms with Crippen molar-refractivity contribution in [3.63, 3.8) is 0 Å². The zero-order chi connectivity index (χ0) is 23.0. The quantitative estimate of drug-likeness (QED) is 0.627. The molecule has 8 nitrogen and oxygen atoms in total. The van der Waals surface area contributed by atoms with E-state index in [0.29, 0.717) is 31.1 Å². The summed E-state index contributed by atoms with van der Waals surface area (Å²) in [6, 6.07) is 5.57. The predicted octanol–water partition coefficient (Wildman–Crippen LogP) is 3.02. The Kier molecular flexibility index (Phi) is 8.98. The lowest BCUT2D eigenvalue weighted by molar-refractivity contribution is -0.151. The molecule has 0 radical (unpaired) electrons. The van der Waals surface area contributed by atoms with Crippen LogP contribution >= 0.6 is 0 Å². The molecule has 1 saturated heterocycles. The zero-order valence-electron chi connectivity index (χ0n) is 19.5. The molecule has 1 amide bonds. The van der Waals surface area contributed by atoms with Gasteiger partial charge < -0.3 is 29.2 Å². The molecule has 1 aromatic rings. The van der Waals surface area contributed by atoms with Crippen LogP contribution < -0.4 is 14.8 Å². The van der Waals surface area contributed by atoms with Crippen molar-refractivity contribution >= 4 is 12.1 Å². The number of rotatable bonds is 8. The fourth-order valence-electron chi connectivity index (χ4n) is 3.67. The van der Waals surface area contributed by atoms with Gasteiger partial charge in [-0.1, -0.05) is 6.07 Å². The number of hydrogen-bond acceptors (Lipinski definition) is 7. The second-order valence-electron chi connectivity index (χ2n) is 8.64. The minimum Gasteiger partial charge on any atom is -0.493 e. The lowest BCUT2D eigenvalue weighted by atomic mass is 9.91. The Morgan fingerprint density at radius 1 is 1.16 bits per heavy atom. The summed E-state index contributed by atoms with van der Waals surface area (Å²) >= 11 is 0. The Labute approximate surface area is 185 Å². The van der Waals surface area contributed by atoms with Crippen molar-refractivity contribution in [3.05, 3.63) is 23.8 Å². The molecule has 1 N–H and O–H groups in total. The van der Waals surface area contributed by atoms with Crippen LogP contribution in [0.5, 0.6) is 11.5 Å². The van der Waals surface area contributed by atoms with Crippen molar-refractivity contribution in [2.75, 3.05) is 40.5 Å². The average molecular weight is 437 g/mol. The van der Waals surface area contributed by atoms with Crippen LogP contribution in [0.2, 0.25) is 0 Å². The summed E-state index contributed by atoms with van der Waals surface area (Å²) in [5.74, 6) is 0.665. The van der Waals surface area contributed by atoms with Gasteiger partial charge in [0.05, 0.1) is 26.7 Å². The molecule has 1 aliphatic rings. The second-order valence-corrected chi connectivity index (χ2v) is 8.64. The van der Waals surface area contributed by atoms with E-state index >= 15 is 0 Å². The third-order valence-corrected chi connectivity index (χ3v) is 5.15. The Balaban J connectivity index is 2.00. The number of nitrogens with zero attached hydrogens (tertiary/aromatic N) is 1. The molecule has 2 atom stereocenters. The van der Waals surface area contributed by atoms with Gasteiger partial charge in [-0.25, -0.2) is 4.79 Å². The maximum Gasteiger partial charge on any atom is 0.407 e. The molecule has 1 fully saturated rings. The Morgan fingerprint density at radius 2 is 1.87 bits per heavy atom. The molecule has 0 bridgehead atoms. The standard InChI is InChI=1S/C23H36N2O6/c1-7-30-21(26)17-15-25(13-11-18(17)24-22(27)31-23(2,3)4)12-10-16-8-9-19(28-5)20(14-16)29-6/h8-9,14,17-18H,7,10-13,15H2,1-6H3,(H,24,27)/t17?,18-/m0/s1. The van der Waals surface area contributed by atoms with Gasteiger partial charge in [-0.3, -0.25) is 4.79 Å². The third-order valence-electron chi connectivity index (χ3n) is 5.15. The summed E-state index contributed by atoms with van der Waals surface area (Å²) in [4.78, 5) is 27.0. The molecule has 1 aliphatic heterocycles. The van der Waals surface area contributed by atoms with Crippen LogP contribution in [-0.2, 0) is 20.7 Å². The lowest BCUT2D eigenvalue weighted by Gasteiger charge is -2.37. The maximum atomic E-state index is 12.6. The Hall–Kier alpha value is -2.48. The van der Waals surface area contributed by atoms with Gasteiger partial charge >= 0.3 is 12.1 Å². The lowest BCUT2D eigenvalue weighted by Crippen LogP contribution is -2.54. The summed E-state index contributed by atoms with van der Waals surface area (Å²) in [5, 5.41) is 2.87. The molecule has 0 aliphatic carbocycles. The van der Waals surface area contributed by atoms with Gasteiger partial charge in [0.15, 0.2) is 11.5 Å². The molecule has 8 heteroatoms. The fourth-order valence-corrected chi connectivity index (χ4v) is 3.67. The molecule has 31 heavy (non-hydrogen) atoms. The van der Waals surface area contributed by atoms with Gasteiger partial charge in [0.1, 0.15) is 5.60 Å². The average Bonchev–Trinajstić information content (AvgIpc) is 2.71. The SMILES string of the molecule is CCOC(=O)C1CN(CCc2ccc(OC)c(OC)c2)CC[C@@H]1NC(=O)OC(C)(C)C. The number of piperidine rings is 1. The summed E-state index contributed by atoms with van der Waals surface area (Å²) in [6.45, 7) is 9.59. The van der Waals surface area contributed by atoms with Crippen LogP contribution in [0.15, 0.2) is 18.2 Å². The van der Waals surface area contributed by atoms with Crippen molar-refractivity contribution in [2.24, 2.45) is 5.92 Å². The van der Waals surface area contributed by atoms with Gasteiger partial charge in [-0.2, -0.15) is 0 Å². The van der Waals surface area contributed by atoms with E-state index in [1.165, 1.54) is 0 Å². The van der Waals surface area contributed by atoms with E-state index in [1.54, 1.807) is 21.1 Å². The van der Waals surface area contributed by atoms with Crippen molar-refractivity contribution in [1.29, 1.82) is 0 Å². The molecule has 1 heterocycles. The van der Waals surface area contributed by atoms with E-state index in [0.717, 1.165) is 25.1 Å². The van der Waals surface area contributed by atoms with Gasteiger partial charge in [0.2, 0.25) is 0 Å². The number of benzene rings is 1. The molecule has 174 valence electrons. The second kappa shape index (κ2) is 11.2. The minimum absolute atomic E-state index is 0.292. The normalized spacial score (nSPS) is 19.4. The first-order valence-corrected chi connectivity index (χ1v) is 10.8. The smallest absolute Gasteiger partial charge is 0.407 e. The third kappa shape index (κ3) is 7.61. The number of ether oxygens (including phenoxy) is 4. The van der Waals surface area contributed by atoms with E-state index in [2.05, 4.69) is 10.2 Å². The highest BCUT2D eigenvalue weighted by molar-refractivity contribution is 5.75. The van der Waals surface area contributed by atoms with E-state index in [9.17, 15) is 9.59 Å². The zero-order valence-corrected chi connectivity index (χ0v) is 19.5. The number of carbonyl (C=O) groups is 2. The van der Waals surface area contributed by atoms with Crippen LogP contribution in [0.1, 0.15) is 39.7 Å². The van der Waals surface area contributed by atoms with E-state index in [1.807, 2.05) is 39.0 Å². The van der Waals surface area contributed by atoms with Crippen LogP contribution in [0.4, 0.5) is 4.79 Å². The Bertz CT molecular complexity index is 746. The monoisotopic (exact) mass is 436 g/mol. The van der Waals surface area contributed by atoms with Gasteiger partial charge in [-0.15, -0.1) is 0 Å². The van der Waals surface area contributed by atoms with Crippen LogP contribution in [0, 0.1) is 5.92 Å². The van der Waals surface area contributed by atoms with Crippen LogP contribution in [0.3, 0.4) is 0 Å². The predicted molar refractivity (Wildman–Crippen MR) is 118 cm³/mol. The first-order valence-electron chi connectivity index (χ1n) is 10.8. The molecule has 0 spiro atoms. The van der Waals surface area contributed by atoms with E-state index < -0.39 is 17.6 Å². The number of esters is 1. The summed E-state index contributed by atoms with van der Waals surface area (Å²) in [6.07, 6.45) is 0.944. The van der Waals surface area contributed by atoms with Crippen LogP contribution in [0.25, 0.3) is 0 Å². The van der Waals surface area contributed by atoms with Crippen molar-refractivity contribution in [3.8, 4) is 11.5 Å². The number of likely N-dealkylation sites (tertiary alicyclic amines) is 1. The van der Waals surface area contributed by atoms with Crippen molar-refractivity contribution in [1.82, 2.24) is 10.2 Å². The Morgan fingerprint density at radius 3 is 2.48 bits per heavy atom. The number of hydrogen-bond donors (Lipinski definition) is 1. The molecule has 0 saturated carbocycles. The summed E-state index contributed by atoms with van der Waals surface area (Å²) in [7, 11) is 3.23. The molecule has 2 rings (SSSR count). The number of nitrogens with one attached hydrogen (secondary N) is 1. The van der Waals surface area contributed by atoms with Gasteiger partial charge in [0, 0.05) is 25.7 Å². The highest BCUT2D eigenvalue weighted by atomic mass is 16.6. The first-order chi connectivity index (χ1) is 14.7. The van der Waals surface area contributed by atoms with Crippen molar-refractivity contribution < 1.29 is 28.5 Å². The number of amides is 1. The minimum atomic E-state index is -0.594. The largest absolute Gasteiger partial charge is 0.493 e. The number of alkyl carbamates (subject to hydrolysis) is 1. The molecule has 1 aromatic carbocycles. The molecular weight excluding hydrogens is 400 g/mol. The summed E-state index contributed by atoms with van der Waals surface area (Å²) < 4.78 is 21.3. The van der Waals surface area contributed by atoms with Gasteiger partial charge in [-0.05, 0) is 58.2 Å². The molecule has 0 aromatic heterocycles. The van der Waals surface area contributed by atoms with E-state index in [4.69, 9.17) is 18.9 Å². The number of carbonyl (C=O) groups excluding carboxylic acids is 2. The molecular formula is C23H36N2O6. The topological polar surface area (TPSA) is 86.3 Å².